The summed E-state index contributed by atoms with van der Waals surface area (Å²) in [6, 6.07) is 7.01. The fraction of sp³-hybridized carbons (Fsp3) is 0.333. The molecule has 0 bridgehead atoms. The largest absolute Gasteiger partial charge is 0.325 e. The van der Waals surface area contributed by atoms with Crippen LogP contribution in [0.4, 0.5) is 5.69 Å². The standard InChI is InChI=1S/C21H21N3O2S2/c1-11(25)14-6-4-7-15(10-14)24-19(26)12(2)27-20-18-16-8-5-9-17(16)28-21(18)23-13(3)22-20/h4,6-7,10,12H,5,8-9H2,1-3H3,(H,24,26)/t12-/m0/s1. The molecule has 2 heterocycles. The van der Waals surface area contributed by atoms with Crippen LogP contribution in [0.1, 0.15) is 46.9 Å². The van der Waals surface area contributed by atoms with E-state index in [0.717, 1.165) is 33.9 Å². The number of ketones is 1. The van der Waals surface area contributed by atoms with Gasteiger partial charge in [-0.2, -0.15) is 0 Å². The summed E-state index contributed by atoms with van der Waals surface area (Å²) in [5, 5.41) is 4.61. The van der Waals surface area contributed by atoms with Crippen molar-refractivity contribution in [1.29, 1.82) is 0 Å². The zero-order chi connectivity index (χ0) is 19.8. The Labute approximate surface area is 172 Å². The fourth-order valence-corrected chi connectivity index (χ4v) is 5.82. The number of rotatable bonds is 5. The summed E-state index contributed by atoms with van der Waals surface area (Å²) in [7, 11) is 0. The monoisotopic (exact) mass is 411 g/mol. The van der Waals surface area contributed by atoms with Gasteiger partial charge in [0.25, 0.3) is 0 Å². The number of nitrogens with zero attached hydrogens (tertiary/aromatic N) is 2. The van der Waals surface area contributed by atoms with Gasteiger partial charge in [-0.3, -0.25) is 9.59 Å². The van der Waals surface area contributed by atoms with Crippen LogP contribution in [0.3, 0.4) is 0 Å². The number of thioether (sulfide) groups is 1. The lowest BCUT2D eigenvalue weighted by atomic mass is 10.1. The van der Waals surface area contributed by atoms with E-state index in [4.69, 9.17) is 0 Å². The maximum absolute atomic E-state index is 12.7. The number of aryl methyl sites for hydroxylation is 3. The number of hydrogen-bond acceptors (Lipinski definition) is 6. The Morgan fingerprint density at radius 3 is 2.86 bits per heavy atom. The van der Waals surface area contributed by atoms with Crippen molar-refractivity contribution in [2.45, 2.75) is 50.3 Å². The second-order valence-corrected chi connectivity index (χ2v) is 9.41. The van der Waals surface area contributed by atoms with Gasteiger partial charge in [-0.05, 0) is 57.7 Å². The van der Waals surface area contributed by atoms with Gasteiger partial charge in [0.15, 0.2) is 5.78 Å². The minimum absolute atomic E-state index is 0.0244. The van der Waals surface area contributed by atoms with E-state index in [0.29, 0.717) is 11.3 Å². The van der Waals surface area contributed by atoms with Crippen LogP contribution < -0.4 is 5.32 Å². The van der Waals surface area contributed by atoms with E-state index >= 15 is 0 Å². The Morgan fingerprint density at radius 1 is 1.25 bits per heavy atom. The van der Waals surface area contributed by atoms with E-state index in [2.05, 4.69) is 15.3 Å². The first kappa shape index (κ1) is 19.1. The average molecular weight is 412 g/mol. The lowest BCUT2D eigenvalue weighted by Crippen LogP contribution is -2.22. The first-order valence-corrected chi connectivity index (χ1v) is 11.0. The quantitative estimate of drug-likeness (QED) is 0.371. The van der Waals surface area contributed by atoms with Crippen LogP contribution in [0.2, 0.25) is 0 Å². The summed E-state index contributed by atoms with van der Waals surface area (Å²) in [4.78, 5) is 36.0. The first-order valence-electron chi connectivity index (χ1n) is 9.30. The van der Waals surface area contributed by atoms with Crippen molar-refractivity contribution in [3.8, 4) is 0 Å². The van der Waals surface area contributed by atoms with Gasteiger partial charge in [0.1, 0.15) is 15.7 Å². The van der Waals surface area contributed by atoms with Crippen LogP contribution in [-0.4, -0.2) is 26.9 Å². The third kappa shape index (κ3) is 3.69. The highest BCUT2D eigenvalue weighted by molar-refractivity contribution is 8.00. The highest BCUT2D eigenvalue weighted by Crippen LogP contribution is 2.41. The number of Topliss-reactive ketones (excluding diaryl/α,β-unsaturated/α-hetero) is 1. The molecule has 0 radical (unpaired) electrons. The maximum Gasteiger partial charge on any atom is 0.237 e. The van der Waals surface area contributed by atoms with Gasteiger partial charge in [0.2, 0.25) is 5.91 Å². The minimum Gasteiger partial charge on any atom is -0.325 e. The van der Waals surface area contributed by atoms with Crippen LogP contribution in [0, 0.1) is 6.92 Å². The van der Waals surface area contributed by atoms with Crippen molar-refractivity contribution in [2.75, 3.05) is 5.32 Å². The van der Waals surface area contributed by atoms with Gasteiger partial charge < -0.3 is 5.32 Å². The SMILES string of the molecule is CC(=O)c1cccc(NC(=O)[C@H](C)Sc2nc(C)nc3sc4c(c23)CCC4)c1. The number of amides is 1. The number of hydrogen-bond donors (Lipinski definition) is 1. The summed E-state index contributed by atoms with van der Waals surface area (Å²) >= 11 is 3.23. The zero-order valence-corrected chi connectivity index (χ0v) is 17.7. The van der Waals surface area contributed by atoms with Gasteiger partial charge in [-0.15, -0.1) is 11.3 Å². The van der Waals surface area contributed by atoms with Crippen molar-refractivity contribution in [2.24, 2.45) is 0 Å². The van der Waals surface area contributed by atoms with Gasteiger partial charge in [-0.25, -0.2) is 9.97 Å². The number of thiophene rings is 1. The van der Waals surface area contributed by atoms with E-state index in [9.17, 15) is 9.59 Å². The summed E-state index contributed by atoms with van der Waals surface area (Å²) in [5.74, 6) is 0.599. The lowest BCUT2D eigenvalue weighted by Gasteiger charge is -2.13. The highest BCUT2D eigenvalue weighted by Gasteiger charge is 2.24. The molecule has 0 saturated carbocycles. The van der Waals surface area contributed by atoms with Crippen LogP contribution in [0.15, 0.2) is 29.3 Å². The number of carbonyl (C=O) groups is 2. The molecule has 7 heteroatoms. The molecule has 0 saturated heterocycles. The molecule has 1 aliphatic rings. The Morgan fingerprint density at radius 2 is 2.07 bits per heavy atom. The predicted molar refractivity (Wildman–Crippen MR) is 115 cm³/mol. The molecule has 3 aromatic rings. The molecule has 0 fully saturated rings. The Balaban J connectivity index is 1.57. The van der Waals surface area contributed by atoms with Crippen LogP contribution in [0.5, 0.6) is 0 Å². The summed E-state index contributed by atoms with van der Waals surface area (Å²) in [6.45, 7) is 5.29. The van der Waals surface area contributed by atoms with Crippen molar-refractivity contribution in [1.82, 2.24) is 9.97 Å². The van der Waals surface area contributed by atoms with Crippen LogP contribution >= 0.6 is 23.1 Å². The molecule has 0 unspecified atom stereocenters. The summed E-state index contributed by atoms with van der Waals surface area (Å²) in [6.07, 6.45) is 3.35. The third-order valence-electron chi connectivity index (χ3n) is 4.84. The molecular weight excluding hydrogens is 390 g/mol. The van der Waals surface area contributed by atoms with Gasteiger partial charge in [-0.1, -0.05) is 23.9 Å². The smallest absolute Gasteiger partial charge is 0.237 e. The molecule has 144 valence electrons. The first-order chi connectivity index (χ1) is 13.4. The molecule has 28 heavy (non-hydrogen) atoms. The van der Waals surface area contributed by atoms with Gasteiger partial charge in [0, 0.05) is 21.5 Å². The summed E-state index contributed by atoms with van der Waals surface area (Å²) in [5.41, 5.74) is 2.58. The molecular formula is C21H21N3O2S2. The molecule has 0 spiro atoms. The van der Waals surface area contributed by atoms with E-state index < -0.39 is 0 Å². The molecule has 5 nitrogen and oxygen atoms in total. The second-order valence-electron chi connectivity index (χ2n) is 7.00. The second kappa shape index (κ2) is 7.64. The topological polar surface area (TPSA) is 72.0 Å². The van der Waals surface area contributed by atoms with Crippen molar-refractivity contribution in [3.05, 3.63) is 46.1 Å². The maximum atomic E-state index is 12.7. The number of fused-ring (bicyclic) bond motifs is 3. The molecule has 1 aliphatic carbocycles. The highest BCUT2D eigenvalue weighted by atomic mass is 32.2. The molecule has 0 aliphatic heterocycles. The van der Waals surface area contributed by atoms with Crippen molar-refractivity contribution in [3.63, 3.8) is 0 Å². The van der Waals surface area contributed by atoms with Gasteiger partial charge in [0.05, 0.1) is 5.25 Å². The number of nitrogens with one attached hydrogen (secondary N) is 1. The van der Waals surface area contributed by atoms with Crippen LogP contribution in [0.25, 0.3) is 10.2 Å². The number of carbonyl (C=O) groups excluding carboxylic acids is 2. The average Bonchev–Trinajstić information content (AvgIpc) is 3.22. The minimum atomic E-state index is -0.324. The molecule has 1 atom stereocenters. The van der Waals surface area contributed by atoms with E-state index in [1.807, 2.05) is 13.8 Å². The Bertz CT molecular complexity index is 1090. The molecule has 2 aromatic heterocycles. The molecule has 1 N–H and O–H groups in total. The molecule has 4 rings (SSSR count). The lowest BCUT2D eigenvalue weighted by molar-refractivity contribution is -0.115. The van der Waals surface area contributed by atoms with E-state index in [1.54, 1.807) is 35.6 Å². The molecule has 1 aromatic carbocycles. The zero-order valence-electron chi connectivity index (χ0n) is 16.0. The van der Waals surface area contributed by atoms with E-state index in [-0.39, 0.29) is 16.9 Å². The van der Waals surface area contributed by atoms with E-state index in [1.165, 1.54) is 35.5 Å². The third-order valence-corrected chi connectivity index (χ3v) is 7.11. The number of anilines is 1. The fourth-order valence-electron chi connectivity index (χ4n) is 3.43. The summed E-state index contributed by atoms with van der Waals surface area (Å²) < 4.78 is 0. The van der Waals surface area contributed by atoms with Gasteiger partial charge >= 0.3 is 0 Å². The predicted octanol–water partition coefficient (Wildman–Crippen LogP) is 4.81. The Kier molecular flexibility index (Phi) is 5.21. The van der Waals surface area contributed by atoms with Crippen LogP contribution in [-0.2, 0) is 17.6 Å². The normalized spacial score (nSPS) is 14.1. The Hall–Kier alpha value is -2.25. The number of benzene rings is 1. The van der Waals surface area contributed by atoms with Crippen molar-refractivity contribution < 1.29 is 9.59 Å². The number of aromatic nitrogens is 2. The van der Waals surface area contributed by atoms with Crippen molar-refractivity contribution >= 4 is 50.7 Å². The molecule has 1 amide bonds.